The van der Waals surface area contributed by atoms with Crippen LogP contribution in [0.5, 0.6) is 0 Å². The van der Waals surface area contributed by atoms with Crippen LogP contribution >= 0.6 is 11.3 Å². The van der Waals surface area contributed by atoms with Crippen LogP contribution < -0.4 is 10.6 Å². The molecule has 0 bridgehead atoms. The molecule has 1 aromatic heterocycles. The molecule has 1 heterocycles. The molecule has 0 aliphatic rings. The minimum Gasteiger partial charge on any atom is -0.478 e. The van der Waals surface area contributed by atoms with Crippen LogP contribution in [0.1, 0.15) is 22.8 Å². The zero-order valence-corrected chi connectivity index (χ0v) is 12.3. The first-order valence-electron chi connectivity index (χ1n) is 6.46. The summed E-state index contributed by atoms with van der Waals surface area (Å²) in [4.78, 5) is 22.7. The lowest BCUT2D eigenvalue weighted by Crippen LogP contribution is -2.37. The Hall–Kier alpha value is -2.34. The number of amides is 2. The second-order valence-electron chi connectivity index (χ2n) is 4.72. The van der Waals surface area contributed by atoms with E-state index < -0.39 is 5.97 Å². The van der Waals surface area contributed by atoms with Crippen molar-refractivity contribution in [3.05, 3.63) is 52.2 Å². The van der Waals surface area contributed by atoms with Gasteiger partial charge in [0, 0.05) is 11.7 Å². The lowest BCUT2D eigenvalue weighted by Gasteiger charge is -2.14. The number of rotatable bonds is 5. The van der Waals surface area contributed by atoms with Crippen LogP contribution in [-0.2, 0) is 6.42 Å². The Morgan fingerprint density at radius 2 is 2.14 bits per heavy atom. The first-order valence-corrected chi connectivity index (χ1v) is 7.41. The smallest absolute Gasteiger partial charge is 0.335 e. The van der Waals surface area contributed by atoms with Gasteiger partial charge in [-0.05, 0) is 53.9 Å². The van der Waals surface area contributed by atoms with Gasteiger partial charge in [0.25, 0.3) is 0 Å². The maximum atomic E-state index is 11.9. The van der Waals surface area contributed by atoms with Crippen LogP contribution in [0.15, 0.2) is 41.1 Å². The second-order valence-corrected chi connectivity index (χ2v) is 5.50. The van der Waals surface area contributed by atoms with Crippen molar-refractivity contribution in [3.63, 3.8) is 0 Å². The van der Waals surface area contributed by atoms with E-state index in [0.29, 0.717) is 5.69 Å². The number of carbonyl (C=O) groups is 2. The molecule has 6 heteroatoms. The van der Waals surface area contributed by atoms with Crippen LogP contribution in [0.2, 0.25) is 0 Å². The minimum atomic E-state index is -1.02. The second kappa shape index (κ2) is 6.90. The van der Waals surface area contributed by atoms with Gasteiger partial charge >= 0.3 is 12.0 Å². The summed E-state index contributed by atoms with van der Waals surface area (Å²) in [5.41, 5.74) is 1.77. The molecule has 1 unspecified atom stereocenters. The molecule has 110 valence electrons. The number of benzene rings is 1. The van der Waals surface area contributed by atoms with E-state index in [2.05, 4.69) is 10.6 Å². The fraction of sp³-hybridized carbons (Fsp3) is 0.200. The van der Waals surface area contributed by atoms with Crippen LogP contribution in [0.4, 0.5) is 10.5 Å². The molecule has 0 saturated heterocycles. The Kier molecular flexibility index (Phi) is 4.94. The topological polar surface area (TPSA) is 78.4 Å². The maximum Gasteiger partial charge on any atom is 0.335 e. The predicted molar refractivity (Wildman–Crippen MR) is 83.0 cm³/mol. The summed E-state index contributed by atoms with van der Waals surface area (Å²) < 4.78 is 0. The lowest BCUT2D eigenvalue weighted by molar-refractivity contribution is 0.0697. The van der Waals surface area contributed by atoms with Gasteiger partial charge in [-0.15, -0.1) is 0 Å². The molecule has 1 atom stereocenters. The number of hydrogen-bond acceptors (Lipinski definition) is 3. The summed E-state index contributed by atoms with van der Waals surface area (Å²) in [6.07, 6.45) is 0.756. The molecular formula is C15H16N2O3S. The van der Waals surface area contributed by atoms with Crippen molar-refractivity contribution in [2.75, 3.05) is 5.32 Å². The van der Waals surface area contributed by atoms with E-state index in [9.17, 15) is 9.59 Å². The molecule has 2 amide bonds. The summed E-state index contributed by atoms with van der Waals surface area (Å²) in [6.45, 7) is 1.92. The molecule has 0 radical (unpaired) electrons. The average Bonchev–Trinajstić information content (AvgIpc) is 2.91. The molecule has 2 aromatic rings. The summed E-state index contributed by atoms with van der Waals surface area (Å²) in [5, 5.41) is 18.4. The highest BCUT2D eigenvalue weighted by Crippen LogP contribution is 2.11. The number of carboxylic acid groups (broad SMARTS) is 1. The van der Waals surface area contributed by atoms with Gasteiger partial charge in [0.2, 0.25) is 0 Å². The highest BCUT2D eigenvalue weighted by atomic mass is 32.1. The van der Waals surface area contributed by atoms with Gasteiger partial charge in [0.1, 0.15) is 0 Å². The number of anilines is 1. The molecule has 0 aliphatic heterocycles. The largest absolute Gasteiger partial charge is 0.478 e. The zero-order valence-electron chi connectivity index (χ0n) is 11.5. The van der Waals surface area contributed by atoms with Crippen molar-refractivity contribution in [1.82, 2.24) is 5.32 Å². The molecule has 3 N–H and O–H groups in total. The molecule has 1 aromatic carbocycles. The molecule has 5 nitrogen and oxygen atoms in total. The van der Waals surface area contributed by atoms with Gasteiger partial charge in [-0.3, -0.25) is 0 Å². The number of thiophene rings is 1. The first-order chi connectivity index (χ1) is 10.0. The van der Waals surface area contributed by atoms with E-state index >= 15 is 0 Å². The average molecular weight is 304 g/mol. The van der Waals surface area contributed by atoms with Crippen molar-refractivity contribution < 1.29 is 14.7 Å². The lowest BCUT2D eigenvalue weighted by atomic mass is 10.1. The Labute approximate surface area is 126 Å². The van der Waals surface area contributed by atoms with E-state index in [0.717, 1.165) is 6.42 Å². The van der Waals surface area contributed by atoms with Crippen LogP contribution in [-0.4, -0.2) is 23.1 Å². The summed E-state index contributed by atoms with van der Waals surface area (Å²) in [7, 11) is 0. The van der Waals surface area contributed by atoms with Gasteiger partial charge in [-0.2, -0.15) is 11.3 Å². The highest BCUT2D eigenvalue weighted by molar-refractivity contribution is 7.07. The fourth-order valence-corrected chi connectivity index (χ4v) is 2.62. The van der Waals surface area contributed by atoms with E-state index in [4.69, 9.17) is 5.11 Å². The molecule has 21 heavy (non-hydrogen) atoms. The third-order valence-corrected chi connectivity index (χ3v) is 3.60. The molecule has 0 fully saturated rings. The third kappa shape index (κ3) is 4.61. The number of aromatic carboxylic acids is 1. The summed E-state index contributed by atoms with van der Waals surface area (Å²) in [5.74, 6) is -1.02. The van der Waals surface area contributed by atoms with Crippen molar-refractivity contribution in [2.45, 2.75) is 19.4 Å². The number of carbonyl (C=O) groups excluding carboxylic acids is 1. The fourth-order valence-electron chi connectivity index (χ4n) is 1.93. The number of carboxylic acids is 1. The SMILES string of the molecule is CC(Cc1ccsc1)NC(=O)Nc1cccc(C(=O)O)c1. The monoisotopic (exact) mass is 304 g/mol. The van der Waals surface area contributed by atoms with Crippen LogP contribution in [0.3, 0.4) is 0 Å². The first kappa shape index (κ1) is 15.1. The van der Waals surface area contributed by atoms with E-state index in [1.807, 2.05) is 23.8 Å². The van der Waals surface area contributed by atoms with Crippen LogP contribution in [0, 0.1) is 0 Å². The molecule has 0 spiro atoms. The van der Waals surface area contributed by atoms with E-state index in [1.54, 1.807) is 23.5 Å². The Morgan fingerprint density at radius 1 is 1.33 bits per heavy atom. The Morgan fingerprint density at radius 3 is 2.81 bits per heavy atom. The van der Waals surface area contributed by atoms with E-state index in [1.165, 1.54) is 17.7 Å². The summed E-state index contributed by atoms with van der Waals surface area (Å²) in [6, 6.07) is 7.80. The Balaban J connectivity index is 1.89. The third-order valence-electron chi connectivity index (χ3n) is 2.87. The zero-order chi connectivity index (χ0) is 15.2. The normalized spacial score (nSPS) is 11.7. The number of urea groups is 1. The molecule has 0 saturated carbocycles. The van der Waals surface area contributed by atoms with Gasteiger partial charge in [-0.1, -0.05) is 6.07 Å². The quantitative estimate of drug-likeness (QED) is 0.793. The predicted octanol–water partition coefficient (Wildman–Crippen LogP) is 3.20. The van der Waals surface area contributed by atoms with E-state index in [-0.39, 0.29) is 17.6 Å². The summed E-state index contributed by atoms with van der Waals surface area (Å²) >= 11 is 1.62. The number of nitrogens with one attached hydrogen (secondary N) is 2. The van der Waals surface area contributed by atoms with Gasteiger partial charge < -0.3 is 15.7 Å². The van der Waals surface area contributed by atoms with Crippen molar-refractivity contribution in [2.24, 2.45) is 0 Å². The molecule has 0 aliphatic carbocycles. The van der Waals surface area contributed by atoms with Crippen molar-refractivity contribution in [3.8, 4) is 0 Å². The van der Waals surface area contributed by atoms with Crippen LogP contribution in [0.25, 0.3) is 0 Å². The molecular weight excluding hydrogens is 288 g/mol. The van der Waals surface area contributed by atoms with Crippen molar-refractivity contribution in [1.29, 1.82) is 0 Å². The minimum absolute atomic E-state index is 0.0118. The standard InChI is InChI=1S/C15H16N2O3S/c1-10(7-11-5-6-21-9-11)16-15(20)17-13-4-2-3-12(8-13)14(18)19/h2-6,8-10H,7H2,1H3,(H,18,19)(H2,16,17,20). The Bertz CT molecular complexity index is 626. The maximum absolute atomic E-state index is 11.9. The van der Waals surface area contributed by atoms with Gasteiger partial charge in [0.05, 0.1) is 5.56 Å². The van der Waals surface area contributed by atoms with Crippen molar-refractivity contribution >= 4 is 29.0 Å². The van der Waals surface area contributed by atoms with Gasteiger partial charge in [0.15, 0.2) is 0 Å². The molecule has 2 rings (SSSR count). The van der Waals surface area contributed by atoms with Gasteiger partial charge in [-0.25, -0.2) is 9.59 Å². The number of hydrogen-bond donors (Lipinski definition) is 3. The highest BCUT2D eigenvalue weighted by Gasteiger charge is 2.09.